The summed E-state index contributed by atoms with van der Waals surface area (Å²) in [5, 5.41) is 3.12. The summed E-state index contributed by atoms with van der Waals surface area (Å²) < 4.78 is 5.39. The summed E-state index contributed by atoms with van der Waals surface area (Å²) in [5.41, 5.74) is 1.71. The minimum absolute atomic E-state index is 0.0291. The smallest absolute Gasteiger partial charge is 0.255 e. The van der Waals surface area contributed by atoms with E-state index >= 15 is 0 Å². The van der Waals surface area contributed by atoms with Crippen molar-refractivity contribution in [2.45, 2.75) is 25.9 Å². The van der Waals surface area contributed by atoms with Gasteiger partial charge in [0.2, 0.25) is 5.91 Å². The number of likely N-dealkylation sites (N-methyl/N-ethyl adjacent to an activating group) is 1. The number of carbonyl (C=O) groups is 2. The summed E-state index contributed by atoms with van der Waals surface area (Å²) in [7, 11) is 1.66. The number of rotatable bonds is 9. The van der Waals surface area contributed by atoms with E-state index in [1.54, 1.807) is 35.9 Å². The molecule has 2 atom stereocenters. The Bertz CT molecular complexity index is 873. The van der Waals surface area contributed by atoms with E-state index in [9.17, 15) is 9.59 Å². The third-order valence-corrected chi connectivity index (χ3v) is 6.68. The van der Waals surface area contributed by atoms with Crippen molar-refractivity contribution in [3.05, 3.63) is 65.7 Å². The van der Waals surface area contributed by atoms with Gasteiger partial charge in [0.05, 0.1) is 19.0 Å². The zero-order valence-corrected chi connectivity index (χ0v) is 19.2. The van der Waals surface area contributed by atoms with Gasteiger partial charge in [0.15, 0.2) is 0 Å². The van der Waals surface area contributed by atoms with Crippen LogP contribution < -0.4 is 10.1 Å². The lowest BCUT2D eigenvalue weighted by Gasteiger charge is -2.31. The molecule has 6 nitrogen and oxygen atoms in total. The molecule has 166 valence electrons. The summed E-state index contributed by atoms with van der Waals surface area (Å²) in [5.74, 6) is 1.74. The fraction of sp³-hybridized carbons (Fsp3) is 0.417. The van der Waals surface area contributed by atoms with E-state index < -0.39 is 6.04 Å². The maximum Gasteiger partial charge on any atom is 0.255 e. The number of ether oxygens (including phenoxy) is 1. The van der Waals surface area contributed by atoms with Gasteiger partial charge in [0.1, 0.15) is 11.8 Å². The normalized spacial score (nSPS) is 16.9. The third kappa shape index (κ3) is 5.60. The summed E-state index contributed by atoms with van der Waals surface area (Å²) in [6, 6.07) is 16.7. The minimum Gasteiger partial charge on any atom is -0.497 e. The van der Waals surface area contributed by atoms with Gasteiger partial charge < -0.3 is 15.0 Å². The molecule has 0 aliphatic carbocycles. The quantitative estimate of drug-likeness (QED) is 0.646. The first-order chi connectivity index (χ1) is 15.1. The number of methoxy groups -OCH3 is 1. The molecule has 2 aromatic carbocycles. The number of hydrogen-bond acceptors (Lipinski definition) is 5. The Morgan fingerprint density at radius 2 is 1.90 bits per heavy atom. The van der Waals surface area contributed by atoms with Crippen molar-refractivity contribution in [3.8, 4) is 5.75 Å². The molecule has 1 saturated heterocycles. The van der Waals surface area contributed by atoms with Crippen molar-refractivity contribution in [2.24, 2.45) is 0 Å². The van der Waals surface area contributed by atoms with E-state index in [1.165, 1.54) is 0 Å². The van der Waals surface area contributed by atoms with Crippen LogP contribution >= 0.6 is 11.8 Å². The molecule has 0 radical (unpaired) electrons. The van der Waals surface area contributed by atoms with Crippen LogP contribution in [0.2, 0.25) is 0 Å². The molecule has 0 bridgehead atoms. The predicted molar refractivity (Wildman–Crippen MR) is 125 cm³/mol. The molecule has 1 aliphatic rings. The molecule has 2 amide bonds. The summed E-state index contributed by atoms with van der Waals surface area (Å²) in [6.45, 7) is 6.44. The van der Waals surface area contributed by atoms with Gasteiger partial charge in [-0.1, -0.05) is 44.2 Å². The zero-order chi connectivity index (χ0) is 22.2. The Kier molecular flexibility index (Phi) is 8.37. The van der Waals surface area contributed by atoms with E-state index in [4.69, 9.17) is 4.74 Å². The Morgan fingerprint density at radius 1 is 1.16 bits per heavy atom. The van der Waals surface area contributed by atoms with Gasteiger partial charge >= 0.3 is 0 Å². The van der Waals surface area contributed by atoms with E-state index in [2.05, 4.69) is 30.1 Å². The number of amides is 2. The van der Waals surface area contributed by atoms with Crippen LogP contribution in [-0.2, 0) is 4.79 Å². The molecule has 1 fully saturated rings. The number of thioether (sulfide) groups is 1. The first kappa shape index (κ1) is 23.2. The summed E-state index contributed by atoms with van der Waals surface area (Å²) >= 11 is 1.61. The van der Waals surface area contributed by atoms with Crippen LogP contribution in [0.25, 0.3) is 0 Å². The maximum absolute atomic E-state index is 13.1. The average molecular weight is 442 g/mol. The number of hydrogen-bond donors (Lipinski definition) is 1. The monoisotopic (exact) mass is 441 g/mol. The molecule has 1 N–H and O–H groups in total. The number of nitrogens with zero attached hydrogens (tertiary/aromatic N) is 2. The first-order valence-electron chi connectivity index (χ1n) is 10.7. The molecule has 31 heavy (non-hydrogen) atoms. The molecule has 0 saturated carbocycles. The van der Waals surface area contributed by atoms with Crippen LogP contribution in [0, 0.1) is 0 Å². The van der Waals surface area contributed by atoms with Gasteiger partial charge in [0, 0.05) is 17.9 Å². The van der Waals surface area contributed by atoms with Gasteiger partial charge in [-0.2, -0.15) is 0 Å². The molecule has 3 rings (SSSR count). The number of benzene rings is 2. The third-order valence-electron chi connectivity index (χ3n) is 5.67. The molecule has 0 spiro atoms. The predicted octanol–water partition coefficient (Wildman–Crippen LogP) is 3.41. The van der Waals surface area contributed by atoms with Gasteiger partial charge in [-0.05, 0) is 42.9 Å². The Balaban J connectivity index is 1.71. The fourth-order valence-electron chi connectivity index (χ4n) is 3.89. The molecule has 2 unspecified atom stereocenters. The second-order valence-corrected chi connectivity index (χ2v) is 8.42. The van der Waals surface area contributed by atoms with Crippen LogP contribution in [0.1, 0.15) is 35.8 Å². The standard InChI is InChI=1S/C24H31N3O3S/c1-4-26(5-2)21(19-12-9-13-20(14-19)30-3)15-25-23(28)22-16-31-17-27(22)24(29)18-10-7-6-8-11-18/h6-14,21-22H,4-5,15-17H2,1-3H3,(H,25,28). The number of carbonyl (C=O) groups excluding carboxylic acids is 2. The van der Waals surface area contributed by atoms with Crippen LogP contribution in [0.5, 0.6) is 5.75 Å². The zero-order valence-electron chi connectivity index (χ0n) is 18.4. The van der Waals surface area contributed by atoms with E-state index in [0.717, 1.165) is 24.4 Å². The maximum atomic E-state index is 13.1. The van der Waals surface area contributed by atoms with E-state index in [1.807, 2.05) is 36.4 Å². The fourth-order valence-corrected chi connectivity index (χ4v) is 5.05. The first-order valence-corrected chi connectivity index (χ1v) is 11.8. The molecule has 1 heterocycles. The highest BCUT2D eigenvalue weighted by atomic mass is 32.2. The topological polar surface area (TPSA) is 61.9 Å². The summed E-state index contributed by atoms with van der Waals surface area (Å²) in [6.07, 6.45) is 0. The van der Waals surface area contributed by atoms with Crippen molar-refractivity contribution in [3.63, 3.8) is 0 Å². The highest BCUT2D eigenvalue weighted by Gasteiger charge is 2.35. The van der Waals surface area contributed by atoms with Gasteiger partial charge in [0.25, 0.3) is 5.91 Å². The number of nitrogens with one attached hydrogen (secondary N) is 1. The lowest BCUT2D eigenvalue weighted by molar-refractivity contribution is -0.124. The average Bonchev–Trinajstić information content (AvgIpc) is 3.31. The molecule has 7 heteroatoms. The van der Waals surface area contributed by atoms with Crippen molar-refractivity contribution in [1.29, 1.82) is 0 Å². The second-order valence-electron chi connectivity index (χ2n) is 7.42. The molecule has 2 aromatic rings. The highest BCUT2D eigenvalue weighted by molar-refractivity contribution is 7.99. The minimum atomic E-state index is -0.458. The molecular weight excluding hydrogens is 410 g/mol. The largest absolute Gasteiger partial charge is 0.497 e. The Hall–Kier alpha value is -2.51. The van der Waals surface area contributed by atoms with Crippen molar-refractivity contribution in [1.82, 2.24) is 15.1 Å². The lowest BCUT2D eigenvalue weighted by atomic mass is 10.0. The van der Waals surface area contributed by atoms with Crippen LogP contribution in [0.3, 0.4) is 0 Å². The molecule has 0 aromatic heterocycles. The van der Waals surface area contributed by atoms with Gasteiger partial charge in [-0.15, -0.1) is 11.8 Å². The molecule has 1 aliphatic heterocycles. The van der Waals surface area contributed by atoms with Crippen LogP contribution in [0.4, 0.5) is 0 Å². The van der Waals surface area contributed by atoms with E-state index in [-0.39, 0.29) is 17.9 Å². The van der Waals surface area contributed by atoms with Crippen molar-refractivity contribution in [2.75, 3.05) is 38.4 Å². The van der Waals surface area contributed by atoms with Crippen LogP contribution in [-0.4, -0.2) is 66.0 Å². The SMILES string of the molecule is CCN(CC)C(CNC(=O)C1CSCN1C(=O)c1ccccc1)c1cccc(OC)c1. The second kappa shape index (κ2) is 11.2. The van der Waals surface area contributed by atoms with Gasteiger partial charge in [-0.25, -0.2) is 0 Å². The van der Waals surface area contributed by atoms with Crippen molar-refractivity contribution >= 4 is 23.6 Å². The Morgan fingerprint density at radius 3 is 2.58 bits per heavy atom. The van der Waals surface area contributed by atoms with E-state index in [0.29, 0.717) is 23.7 Å². The van der Waals surface area contributed by atoms with Crippen molar-refractivity contribution < 1.29 is 14.3 Å². The highest BCUT2D eigenvalue weighted by Crippen LogP contribution is 2.26. The van der Waals surface area contributed by atoms with Gasteiger partial charge in [-0.3, -0.25) is 14.5 Å². The van der Waals surface area contributed by atoms with Crippen LogP contribution in [0.15, 0.2) is 54.6 Å². The summed E-state index contributed by atoms with van der Waals surface area (Å²) in [4.78, 5) is 30.0. The Labute approximate surface area is 188 Å². The molecular formula is C24H31N3O3S. The lowest BCUT2D eigenvalue weighted by Crippen LogP contribution is -2.49.